The Morgan fingerprint density at radius 1 is 1.08 bits per heavy atom. The van der Waals surface area contributed by atoms with E-state index < -0.39 is 0 Å². The summed E-state index contributed by atoms with van der Waals surface area (Å²) in [6, 6.07) is 4.63. The van der Waals surface area contributed by atoms with E-state index in [1.165, 1.54) is 22.3 Å². The van der Waals surface area contributed by atoms with Crippen LogP contribution in [0.5, 0.6) is 0 Å². The number of hydrogen-bond donors (Lipinski definition) is 2. The van der Waals surface area contributed by atoms with Crippen LogP contribution in [0.4, 0.5) is 0 Å². The third kappa shape index (κ3) is 2.08. The summed E-state index contributed by atoms with van der Waals surface area (Å²) in [6.07, 6.45) is 0. The number of rotatable bonds is 2. The van der Waals surface area contributed by atoms with Gasteiger partial charge in [-0.05, 0) is 49.9 Å². The van der Waals surface area contributed by atoms with Crippen LogP contribution in [-0.2, 0) is 0 Å². The van der Waals surface area contributed by atoms with Gasteiger partial charge in [-0.15, -0.1) is 0 Å². The van der Waals surface area contributed by atoms with Crippen molar-refractivity contribution in [1.82, 2.24) is 5.43 Å². The minimum absolute atomic E-state index is 0.222. The summed E-state index contributed by atoms with van der Waals surface area (Å²) in [4.78, 5) is 0. The molecule has 0 aliphatic rings. The molecule has 72 valence electrons. The first-order chi connectivity index (χ1) is 6.06. The number of hydrogen-bond acceptors (Lipinski definition) is 2. The first-order valence-corrected chi connectivity index (χ1v) is 4.60. The highest BCUT2D eigenvalue weighted by molar-refractivity contribution is 5.37. The van der Waals surface area contributed by atoms with E-state index in [2.05, 4.69) is 45.3 Å². The Bertz CT molecular complexity index is 305. The van der Waals surface area contributed by atoms with E-state index in [0.29, 0.717) is 0 Å². The largest absolute Gasteiger partial charge is 0.271 e. The van der Waals surface area contributed by atoms with Crippen LogP contribution < -0.4 is 11.3 Å². The van der Waals surface area contributed by atoms with Crippen LogP contribution in [0.1, 0.15) is 35.2 Å². The third-order valence-electron chi connectivity index (χ3n) is 2.60. The first-order valence-electron chi connectivity index (χ1n) is 4.60. The molecule has 2 heteroatoms. The van der Waals surface area contributed by atoms with Gasteiger partial charge in [-0.2, -0.15) is 0 Å². The molecule has 0 aromatic heterocycles. The minimum atomic E-state index is 0.222. The number of aryl methyl sites for hydroxylation is 3. The zero-order valence-corrected chi connectivity index (χ0v) is 8.81. The molecule has 1 aromatic rings. The molecule has 3 N–H and O–H groups in total. The van der Waals surface area contributed by atoms with E-state index in [4.69, 9.17) is 5.84 Å². The molecule has 0 bridgehead atoms. The van der Waals surface area contributed by atoms with Gasteiger partial charge in [0.05, 0.1) is 0 Å². The predicted molar refractivity (Wildman–Crippen MR) is 56.4 cm³/mol. The lowest BCUT2D eigenvalue weighted by atomic mass is 9.97. The van der Waals surface area contributed by atoms with Gasteiger partial charge in [0, 0.05) is 6.04 Å². The normalized spacial score (nSPS) is 13.0. The topological polar surface area (TPSA) is 38.0 Å². The van der Waals surface area contributed by atoms with Crippen molar-refractivity contribution in [3.63, 3.8) is 0 Å². The maximum atomic E-state index is 5.41. The molecule has 0 spiro atoms. The molecule has 1 aromatic carbocycles. The van der Waals surface area contributed by atoms with E-state index >= 15 is 0 Å². The maximum Gasteiger partial charge on any atom is 0.0434 e. The lowest BCUT2D eigenvalue weighted by Gasteiger charge is -2.15. The van der Waals surface area contributed by atoms with Crippen LogP contribution in [0.3, 0.4) is 0 Å². The molecular weight excluding hydrogens is 160 g/mol. The zero-order valence-electron chi connectivity index (χ0n) is 8.81. The second kappa shape index (κ2) is 3.90. The fourth-order valence-corrected chi connectivity index (χ4v) is 1.54. The van der Waals surface area contributed by atoms with Crippen LogP contribution in [-0.4, -0.2) is 0 Å². The van der Waals surface area contributed by atoms with Crippen molar-refractivity contribution < 1.29 is 0 Å². The Morgan fingerprint density at radius 2 is 1.62 bits per heavy atom. The van der Waals surface area contributed by atoms with Crippen molar-refractivity contribution >= 4 is 0 Å². The Kier molecular flexibility index (Phi) is 3.07. The highest BCUT2D eigenvalue weighted by Crippen LogP contribution is 2.20. The molecule has 0 heterocycles. The molecular formula is C11H18N2. The van der Waals surface area contributed by atoms with E-state index in [1.54, 1.807) is 0 Å². The van der Waals surface area contributed by atoms with Gasteiger partial charge in [-0.25, -0.2) is 0 Å². The van der Waals surface area contributed by atoms with Gasteiger partial charge in [0.25, 0.3) is 0 Å². The van der Waals surface area contributed by atoms with Crippen LogP contribution in [0.15, 0.2) is 12.1 Å². The molecule has 0 saturated heterocycles. The van der Waals surface area contributed by atoms with Gasteiger partial charge in [0.15, 0.2) is 0 Å². The second-order valence-electron chi connectivity index (χ2n) is 3.68. The van der Waals surface area contributed by atoms with Crippen LogP contribution >= 0.6 is 0 Å². The van der Waals surface area contributed by atoms with Crippen molar-refractivity contribution in [2.24, 2.45) is 5.84 Å². The molecule has 0 aliphatic heterocycles. The van der Waals surface area contributed by atoms with Gasteiger partial charge in [0.2, 0.25) is 0 Å². The van der Waals surface area contributed by atoms with E-state index in [1.807, 2.05) is 0 Å². The van der Waals surface area contributed by atoms with Crippen LogP contribution in [0, 0.1) is 20.8 Å². The summed E-state index contributed by atoms with van der Waals surface area (Å²) in [7, 11) is 0. The Labute approximate surface area is 80.1 Å². The first kappa shape index (κ1) is 10.2. The Hall–Kier alpha value is -0.860. The maximum absolute atomic E-state index is 5.41. The average Bonchev–Trinajstić information content (AvgIpc) is 2.10. The molecule has 1 unspecified atom stereocenters. The SMILES string of the molecule is Cc1cc(C)c(C(C)NN)cc1C. The Balaban J connectivity index is 3.15. The molecule has 0 saturated carbocycles. The monoisotopic (exact) mass is 178 g/mol. The van der Waals surface area contributed by atoms with Crippen molar-refractivity contribution in [2.45, 2.75) is 33.7 Å². The molecule has 0 aliphatic carbocycles. The van der Waals surface area contributed by atoms with Gasteiger partial charge in [-0.3, -0.25) is 11.3 Å². The summed E-state index contributed by atoms with van der Waals surface area (Å²) in [5, 5.41) is 0. The van der Waals surface area contributed by atoms with E-state index in [-0.39, 0.29) is 6.04 Å². The summed E-state index contributed by atoms with van der Waals surface area (Å²) in [6.45, 7) is 8.45. The van der Waals surface area contributed by atoms with Gasteiger partial charge >= 0.3 is 0 Å². The quantitative estimate of drug-likeness (QED) is 0.538. The summed E-state index contributed by atoms with van der Waals surface area (Å²) >= 11 is 0. The lowest BCUT2D eigenvalue weighted by Crippen LogP contribution is -2.26. The van der Waals surface area contributed by atoms with Gasteiger partial charge in [-0.1, -0.05) is 12.1 Å². The summed E-state index contributed by atoms with van der Waals surface area (Å²) in [5.74, 6) is 5.41. The molecule has 13 heavy (non-hydrogen) atoms. The average molecular weight is 178 g/mol. The third-order valence-corrected chi connectivity index (χ3v) is 2.60. The Morgan fingerprint density at radius 3 is 2.15 bits per heavy atom. The zero-order chi connectivity index (χ0) is 10.0. The number of nitrogens with one attached hydrogen (secondary N) is 1. The number of benzene rings is 1. The highest BCUT2D eigenvalue weighted by atomic mass is 15.2. The molecule has 1 atom stereocenters. The fraction of sp³-hybridized carbons (Fsp3) is 0.455. The molecule has 1 rings (SSSR count). The van der Waals surface area contributed by atoms with Crippen molar-refractivity contribution in [3.8, 4) is 0 Å². The number of hydrazine groups is 1. The van der Waals surface area contributed by atoms with Crippen LogP contribution in [0.2, 0.25) is 0 Å². The molecule has 0 fully saturated rings. The van der Waals surface area contributed by atoms with Crippen molar-refractivity contribution in [3.05, 3.63) is 34.4 Å². The minimum Gasteiger partial charge on any atom is -0.271 e. The highest BCUT2D eigenvalue weighted by Gasteiger charge is 2.07. The van der Waals surface area contributed by atoms with Gasteiger partial charge < -0.3 is 0 Å². The van der Waals surface area contributed by atoms with Gasteiger partial charge in [0.1, 0.15) is 0 Å². The summed E-state index contributed by atoms with van der Waals surface area (Å²) < 4.78 is 0. The lowest BCUT2D eigenvalue weighted by molar-refractivity contribution is 0.599. The smallest absolute Gasteiger partial charge is 0.0434 e. The van der Waals surface area contributed by atoms with E-state index in [0.717, 1.165) is 0 Å². The second-order valence-corrected chi connectivity index (χ2v) is 3.68. The van der Waals surface area contributed by atoms with Crippen LogP contribution in [0.25, 0.3) is 0 Å². The molecule has 0 amide bonds. The summed E-state index contributed by atoms with van der Waals surface area (Å²) in [5.41, 5.74) is 8.01. The van der Waals surface area contributed by atoms with E-state index in [9.17, 15) is 0 Å². The standard InChI is InChI=1S/C11H18N2/c1-7-5-9(3)11(6-8(7)2)10(4)13-12/h5-6,10,13H,12H2,1-4H3. The predicted octanol–water partition coefficient (Wildman–Crippen LogP) is 2.14. The van der Waals surface area contributed by atoms with Crippen molar-refractivity contribution in [1.29, 1.82) is 0 Å². The number of nitrogens with two attached hydrogens (primary N) is 1. The molecule has 2 nitrogen and oxygen atoms in total. The van der Waals surface area contributed by atoms with Crippen molar-refractivity contribution in [2.75, 3.05) is 0 Å². The fourth-order valence-electron chi connectivity index (χ4n) is 1.54. The molecule has 0 radical (unpaired) electrons.